The fourth-order valence-corrected chi connectivity index (χ4v) is 3.44. The van der Waals surface area contributed by atoms with E-state index in [1.807, 2.05) is 4.99 Å². The number of hydrogen-bond acceptors (Lipinski definition) is 0. The van der Waals surface area contributed by atoms with Crippen LogP contribution in [0.3, 0.4) is 0 Å². The average molecular weight is 451 g/mol. The fraction of sp³-hybridized carbons (Fsp3) is 0.500. The van der Waals surface area contributed by atoms with Gasteiger partial charge in [0.25, 0.3) is 0 Å². The zero-order chi connectivity index (χ0) is 7.28. The van der Waals surface area contributed by atoms with Crippen LogP contribution < -0.4 is 0 Å². The summed E-state index contributed by atoms with van der Waals surface area (Å²) in [6, 6.07) is 0. The Labute approximate surface area is 94.9 Å². The summed E-state index contributed by atoms with van der Waals surface area (Å²) in [7, 11) is 0. The molecule has 0 amide bonds. The van der Waals surface area contributed by atoms with Crippen LogP contribution in [0, 0.1) is 0 Å². The number of halogens is 4. The SMILES string of the molecule is BrC=C[Se]C(Br)C(Br)Br. The van der Waals surface area contributed by atoms with Gasteiger partial charge in [-0.2, -0.15) is 0 Å². The van der Waals surface area contributed by atoms with Crippen molar-refractivity contribution < 1.29 is 0 Å². The molecule has 0 aliphatic heterocycles. The summed E-state index contributed by atoms with van der Waals surface area (Å²) in [6.45, 7) is 0. The third-order valence-corrected chi connectivity index (χ3v) is 8.94. The van der Waals surface area contributed by atoms with Gasteiger partial charge in [-0.05, 0) is 0 Å². The van der Waals surface area contributed by atoms with Crippen molar-refractivity contribution in [3.05, 3.63) is 9.96 Å². The molecule has 0 radical (unpaired) electrons. The summed E-state index contributed by atoms with van der Waals surface area (Å²) in [5.74, 6) is 0. The Kier molecular flexibility index (Phi) is 8.53. The van der Waals surface area contributed by atoms with Gasteiger partial charge in [0.1, 0.15) is 0 Å². The summed E-state index contributed by atoms with van der Waals surface area (Å²) in [4.78, 5) is 4.01. The predicted molar refractivity (Wildman–Crippen MR) is 58.2 cm³/mol. The van der Waals surface area contributed by atoms with E-state index in [0.717, 1.165) is 0 Å². The van der Waals surface area contributed by atoms with Crippen molar-refractivity contribution in [1.29, 1.82) is 0 Å². The molecule has 0 spiro atoms. The Bertz CT molecular complexity index is 92.6. The first-order valence-electron chi connectivity index (χ1n) is 2.01. The molecule has 0 saturated carbocycles. The zero-order valence-corrected chi connectivity index (χ0v) is 12.3. The second-order valence-corrected chi connectivity index (χ2v) is 9.37. The molecular weight excluding hydrogens is 447 g/mol. The minimum atomic E-state index is 0.369. The molecule has 0 nitrogen and oxygen atoms in total. The normalized spacial score (nSPS) is 15.2. The molecule has 0 N–H and O–H groups in total. The molecule has 0 aliphatic rings. The Balaban J connectivity index is 3.38. The molecule has 1 unspecified atom stereocenters. The minimum absolute atomic E-state index is 0.369. The van der Waals surface area contributed by atoms with E-state index >= 15 is 0 Å². The molecule has 1 atom stereocenters. The van der Waals surface area contributed by atoms with E-state index in [1.54, 1.807) is 0 Å². The topological polar surface area (TPSA) is 0 Å². The van der Waals surface area contributed by atoms with Crippen molar-refractivity contribution >= 4 is 78.7 Å². The molecule has 0 heterocycles. The molecule has 0 aromatic rings. The molecule has 0 bridgehead atoms. The Morgan fingerprint density at radius 1 is 1.22 bits per heavy atom. The van der Waals surface area contributed by atoms with Gasteiger partial charge in [-0.1, -0.05) is 0 Å². The van der Waals surface area contributed by atoms with Crippen LogP contribution in [0.2, 0.25) is 0 Å². The molecule has 0 aliphatic carbocycles. The predicted octanol–water partition coefficient (Wildman–Crippen LogP) is 3.39. The summed E-state index contributed by atoms with van der Waals surface area (Å²) in [5.41, 5.74) is 0. The molecule has 0 aromatic heterocycles. The summed E-state index contributed by atoms with van der Waals surface area (Å²) < 4.78 is 0.882. The Morgan fingerprint density at radius 3 is 2.11 bits per heavy atom. The van der Waals surface area contributed by atoms with Crippen molar-refractivity contribution in [2.75, 3.05) is 0 Å². The maximum atomic E-state index is 3.51. The van der Waals surface area contributed by atoms with Gasteiger partial charge < -0.3 is 0 Å². The maximum absolute atomic E-state index is 3.51. The average Bonchev–Trinajstić information content (AvgIpc) is 1.82. The van der Waals surface area contributed by atoms with Gasteiger partial charge in [0, 0.05) is 0 Å². The molecule has 9 heavy (non-hydrogen) atoms. The first-order chi connectivity index (χ1) is 4.18. The van der Waals surface area contributed by atoms with Gasteiger partial charge in [-0.25, -0.2) is 0 Å². The van der Waals surface area contributed by atoms with E-state index in [-0.39, 0.29) is 0 Å². The summed E-state index contributed by atoms with van der Waals surface area (Å²) in [6.07, 6.45) is 0. The van der Waals surface area contributed by atoms with Crippen LogP contribution >= 0.6 is 63.7 Å². The van der Waals surface area contributed by atoms with Crippen LogP contribution in [-0.2, 0) is 0 Å². The third-order valence-electron chi connectivity index (χ3n) is 0.458. The first-order valence-corrected chi connectivity index (χ1v) is 7.65. The summed E-state index contributed by atoms with van der Waals surface area (Å²) in [5, 5.41) is 0. The van der Waals surface area contributed by atoms with E-state index in [2.05, 4.69) is 68.7 Å². The number of hydrogen-bond donors (Lipinski definition) is 0. The van der Waals surface area contributed by atoms with Crippen molar-refractivity contribution in [1.82, 2.24) is 0 Å². The Hall–Kier alpha value is 2.18. The molecule has 0 saturated heterocycles. The number of alkyl halides is 3. The van der Waals surface area contributed by atoms with E-state index < -0.39 is 0 Å². The van der Waals surface area contributed by atoms with Gasteiger partial charge >= 0.3 is 96.1 Å². The second kappa shape index (κ2) is 6.86. The van der Waals surface area contributed by atoms with Crippen LogP contribution in [0.1, 0.15) is 0 Å². The molecule has 0 rings (SSSR count). The van der Waals surface area contributed by atoms with E-state index in [1.165, 1.54) is 0 Å². The van der Waals surface area contributed by atoms with Crippen LogP contribution in [0.15, 0.2) is 9.96 Å². The molecule has 5 heteroatoms. The molecule has 0 fully saturated rings. The van der Waals surface area contributed by atoms with E-state index in [4.69, 9.17) is 0 Å². The van der Waals surface area contributed by atoms with Gasteiger partial charge in [0.2, 0.25) is 0 Å². The van der Waals surface area contributed by atoms with Crippen molar-refractivity contribution in [2.45, 2.75) is 7.46 Å². The fourth-order valence-electron chi connectivity index (χ4n) is 0.164. The van der Waals surface area contributed by atoms with E-state index in [0.29, 0.717) is 22.4 Å². The number of rotatable bonds is 3. The van der Waals surface area contributed by atoms with Crippen LogP contribution in [0.25, 0.3) is 0 Å². The Morgan fingerprint density at radius 2 is 1.78 bits per heavy atom. The molecule has 0 aromatic carbocycles. The standard InChI is InChI=1S/C4H4Br4Se/c5-1-2-9-4(8)3(6)7/h1-4H. The van der Waals surface area contributed by atoms with E-state index in [9.17, 15) is 0 Å². The first kappa shape index (κ1) is 11.2. The van der Waals surface area contributed by atoms with Crippen molar-refractivity contribution in [3.63, 3.8) is 0 Å². The van der Waals surface area contributed by atoms with Crippen molar-refractivity contribution in [3.8, 4) is 0 Å². The van der Waals surface area contributed by atoms with Crippen LogP contribution in [0.5, 0.6) is 0 Å². The van der Waals surface area contributed by atoms with Gasteiger partial charge in [0.05, 0.1) is 0 Å². The van der Waals surface area contributed by atoms with Crippen molar-refractivity contribution in [2.24, 2.45) is 0 Å². The summed E-state index contributed by atoms with van der Waals surface area (Å²) >= 11 is 14.0. The van der Waals surface area contributed by atoms with Gasteiger partial charge in [-0.3, -0.25) is 0 Å². The molecular formula is C4H4Br4Se. The second-order valence-electron chi connectivity index (χ2n) is 1.08. The van der Waals surface area contributed by atoms with Gasteiger partial charge in [-0.15, -0.1) is 0 Å². The monoisotopic (exact) mass is 448 g/mol. The van der Waals surface area contributed by atoms with Crippen LogP contribution in [0.4, 0.5) is 0 Å². The molecule has 54 valence electrons. The van der Waals surface area contributed by atoms with Crippen LogP contribution in [-0.4, -0.2) is 22.4 Å². The third kappa shape index (κ3) is 6.57. The zero-order valence-electron chi connectivity index (χ0n) is 4.23. The van der Waals surface area contributed by atoms with Gasteiger partial charge in [0.15, 0.2) is 0 Å². The quantitative estimate of drug-likeness (QED) is 0.457.